The molecule has 0 spiro atoms. The van der Waals surface area contributed by atoms with Crippen molar-refractivity contribution in [3.8, 4) is 11.8 Å². The van der Waals surface area contributed by atoms with E-state index in [2.05, 4.69) is 9.47 Å². The molecule has 0 N–H and O–H groups in total. The Balaban J connectivity index is 3.43. The average Bonchev–Trinajstić information content (AvgIpc) is 2.28. The third-order valence-corrected chi connectivity index (χ3v) is 2.72. The quantitative estimate of drug-likeness (QED) is 0.619. The minimum Gasteiger partial charge on any atom is -0.465 e. The number of alkyl halides is 2. The minimum atomic E-state index is -3.12. The Morgan fingerprint density at radius 3 is 2.65 bits per heavy atom. The second-order valence-electron chi connectivity index (χ2n) is 2.78. The van der Waals surface area contributed by atoms with Gasteiger partial charge in [0.25, 0.3) is 0 Å². The fourth-order valence-corrected chi connectivity index (χ4v) is 1.80. The standard InChI is InChI=1S/C10H6F2INO3/c1-16-9(15)7-6(13)3-2-5(4-14)8(7)17-10(11)12/h2-3,10H,1H3. The van der Waals surface area contributed by atoms with Crippen LogP contribution in [0.5, 0.6) is 5.75 Å². The second kappa shape index (κ2) is 5.77. The number of hydrogen-bond donors (Lipinski definition) is 0. The summed E-state index contributed by atoms with van der Waals surface area (Å²) in [4.78, 5) is 11.4. The first kappa shape index (κ1) is 13.6. The lowest BCUT2D eigenvalue weighted by Gasteiger charge is -2.12. The van der Waals surface area contributed by atoms with E-state index >= 15 is 0 Å². The Morgan fingerprint density at radius 2 is 2.18 bits per heavy atom. The molecule has 7 heteroatoms. The molecular weight excluding hydrogens is 347 g/mol. The first-order chi connectivity index (χ1) is 8.01. The van der Waals surface area contributed by atoms with Gasteiger partial charge in [-0.3, -0.25) is 0 Å². The van der Waals surface area contributed by atoms with Crippen molar-refractivity contribution in [2.75, 3.05) is 7.11 Å². The number of rotatable bonds is 3. The summed E-state index contributed by atoms with van der Waals surface area (Å²) in [5, 5.41) is 8.77. The molecule has 0 aliphatic heterocycles. The summed E-state index contributed by atoms with van der Waals surface area (Å²) in [6.45, 7) is -3.12. The Kier molecular flexibility index (Phi) is 4.62. The van der Waals surface area contributed by atoms with E-state index in [9.17, 15) is 13.6 Å². The van der Waals surface area contributed by atoms with Crippen LogP contribution in [0, 0.1) is 14.9 Å². The molecule has 0 aromatic heterocycles. The van der Waals surface area contributed by atoms with Crippen LogP contribution in [-0.4, -0.2) is 19.7 Å². The van der Waals surface area contributed by atoms with E-state index in [0.717, 1.165) is 7.11 Å². The highest BCUT2D eigenvalue weighted by atomic mass is 127. The van der Waals surface area contributed by atoms with Gasteiger partial charge < -0.3 is 9.47 Å². The highest BCUT2D eigenvalue weighted by Gasteiger charge is 2.23. The van der Waals surface area contributed by atoms with Crippen LogP contribution in [0.25, 0.3) is 0 Å². The van der Waals surface area contributed by atoms with Crippen LogP contribution < -0.4 is 4.74 Å². The zero-order chi connectivity index (χ0) is 13.0. The van der Waals surface area contributed by atoms with E-state index in [1.54, 1.807) is 28.7 Å². The van der Waals surface area contributed by atoms with E-state index in [1.807, 2.05) is 0 Å². The van der Waals surface area contributed by atoms with Crippen LogP contribution in [0.15, 0.2) is 12.1 Å². The number of benzene rings is 1. The zero-order valence-corrected chi connectivity index (χ0v) is 10.7. The van der Waals surface area contributed by atoms with Gasteiger partial charge >= 0.3 is 12.6 Å². The van der Waals surface area contributed by atoms with Crippen molar-refractivity contribution in [1.29, 1.82) is 5.26 Å². The summed E-state index contributed by atoms with van der Waals surface area (Å²) in [5.41, 5.74) is -0.321. The third kappa shape index (κ3) is 3.03. The SMILES string of the molecule is COC(=O)c1c(I)ccc(C#N)c1OC(F)F. The van der Waals surface area contributed by atoms with Crippen LogP contribution in [-0.2, 0) is 4.74 Å². The summed E-state index contributed by atoms with van der Waals surface area (Å²) in [7, 11) is 1.11. The molecule has 0 radical (unpaired) electrons. The van der Waals surface area contributed by atoms with Gasteiger partial charge in [0.05, 0.1) is 12.7 Å². The molecule has 90 valence electrons. The Labute approximate surface area is 109 Å². The molecule has 17 heavy (non-hydrogen) atoms. The number of carbonyl (C=O) groups excluding carboxylic acids is 1. The van der Waals surface area contributed by atoms with Crippen molar-refractivity contribution in [2.24, 2.45) is 0 Å². The lowest BCUT2D eigenvalue weighted by atomic mass is 10.1. The van der Waals surface area contributed by atoms with Crippen molar-refractivity contribution in [3.63, 3.8) is 0 Å². The topological polar surface area (TPSA) is 59.3 Å². The molecule has 4 nitrogen and oxygen atoms in total. The number of ether oxygens (including phenoxy) is 2. The lowest BCUT2D eigenvalue weighted by molar-refractivity contribution is -0.0506. The summed E-state index contributed by atoms with van der Waals surface area (Å²) < 4.78 is 33.5. The van der Waals surface area contributed by atoms with E-state index < -0.39 is 18.3 Å². The van der Waals surface area contributed by atoms with Crippen molar-refractivity contribution in [3.05, 3.63) is 26.8 Å². The molecule has 0 saturated carbocycles. The molecule has 1 aromatic carbocycles. The molecule has 1 rings (SSSR count). The van der Waals surface area contributed by atoms with Crippen molar-refractivity contribution in [1.82, 2.24) is 0 Å². The van der Waals surface area contributed by atoms with Gasteiger partial charge in [-0.25, -0.2) is 4.79 Å². The molecule has 0 atom stereocenters. The maximum Gasteiger partial charge on any atom is 0.387 e. The zero-order valence-electron chi connectivity index (χ0n) is 8.54. The van der Waals surface area contributed by atoms with Gasteiger partial charge in [0.2, 0.25) is 0 Å². The highest BCUT2D eigenvalue weighted by Crippen LogP contribution is 2.30. The smallest absolute Gasteiger partial charge is 0.387 e. The van der Waals surface area contributed by atoms with E-state index in [1.165, 1.54) is 12.1 Å². The Morgan fingerprint density at radius 1 is 1.53 bits per heavy atom. The molecule has 0 fully saturated rings. The Hall–Kier alpha value is -1.43. The molecule has 1 aromatic rings. The van der Waals surface area contributed by atoms with Gasteiger partial charge in [0.1, 0.15) is 11.6 Å². The molecule has 0 heterocycles. The summed E-state index contributed by atoms with van der Waals surface area (Å²) in [5.74, 6) is -1.29. The van der Waals surface area contributed by atoms with Gasteiger partial charge in [-0.15, -0.1) is 0 Å². The van der Waals surface area contributed by atoms with Gasteiger partial charge in [0.15, 0.2) is 5.75 Å². The van der Waals surface area contributed by atoms with Gasteiger partial charge in [-0.2, -0.15) is 14.0 Å². The van der Waals surface area contributed by atoms with Crippen molar-refractivity contribution >= 4 is 28.6 Å². The van der Waals surface area contributed by atoms with Crippen LogP contribution in [0.4, 0.5) is 8.78 Å². The summed E-state index contributed by atoms with van der Waals surface area (Å²) in [6, 6.07) is 4.42. The fraction of sp³-hybridized carbons (Fsp3) is 0.200. The maximum absolute atomic E-state index is 12.2. The molecule has 0 aliphatic carbocycles. The molecule has 0 saturated heterocycles. The number of nitrogens with zero attached hydrogens (tertiary/aromatic N) is 1. The molecule has 0 aliphatic rings. The number of hydrogen-bond acceptors (Lipinski definition) is 4. The molecule has 0 bridgehead atoms. The predicted molar refractivity (Wildman–Crippen MR) is 61.8 cm³/mol. The van der Waals surface area contributed by atoms with Crippen LogP contribution >= 0.6 is 22.6 Å². The average molecular weight is 353 g/mol. The van der Waals surface area contributed by atoms with E-state index in [4.69, 9.17) is 5.26 Å². The van der Waals surface area contributed by atoms with Crippen molar-refractivity contribution in [2.45, 2.75) is 6.61 Å². The van der Waals surface area contributed by atoms with Gasteiger partial charge in [-0.1, -0.05) is 0 Å². The van der Waals surface area contributed by atoms with Gasteiger partial charge in [0, 0.05) is 3.57 Å². The normalized spacial score (nSPS) is 9.88. The second-order valence-corrected chi connectivity index (χ2v) is 3.94. The number of esters is 1. The van der Waals surface area contributed by atoms with E-state index in [0.29, 0.717) is 3.57 Å². The first-order valence-electron chi connectivity index (χ1n) is 4.27. The number of nitriles is 1. The van der Waals surface area contributed by atoms with E-state index in [-0.39, 0.29) is 11.1 Å². The first-order valence-corrected chi connectivity index (χ1v) is 5.34. The largest absolute Gasteiger partial charge is 0.465 e. The Bertz CT molecular complexity index is 485. The lowest BCUT2D eigenvalue weighted by Crippen LogP contribution is -2.12. The fourth-order valence-electron chi connectivity index (χ4n) is 1.15. The van der Waals surface area contributed by atoms with Gasteiger partial charge in [-0.05, 0) is 34.7 Å². The molecule has 0 amide bonds. The summed E-state index contributed by atoms with van der Waals surface area (Å²) >= 11 is 1.77. The van der Waals surface area contributed by atoms with Crippen LogP contribution in [0.1, 0.15) is 15.9 Å². The predicted octanol–water partition coefficient (Wildman–Crippen LogP) is 2.55. The van der Waals surface area contributed by atoms with Crippen LogP contribution in [0.3, 0.4) is 0 Å². The minimum absolute atomic E-state index is 0.147. The monoisotopic (exact) mass is 353 g/mol. The number of carbonyl (C=O) groups is 1. The molecule has 0 unspecified atom stereocenters. The third-order valence-electron chi connectivity index (χ3n) is 1.82. The molecular formula is C10H6F2INO3. The van der Waals surface area contributed by atoms with Crippen LogP contribution in [0.2, 0.25) is 0 Å². The van der Waals surface area contributed by atoms with Crippen molar-refractivity contribution < 1.29 is 23.0 Å². The maximum atomic E-state index is 12.2. The number of methoxy groups -OCH3 is 1. The summed E-state index contributed by atoms with van der Waals surface area (Å²) in [6.07, 6.45) is 0. The highest BCUT2D eigenvalue weighted by molar-refractivity contribution is 14.1. The number of halogens is 3.